The fourth-order valence-electron chi connectivity index (χ4n) is 3.55. The summed E-state index contributed by atoms with van der Waals surface area (Å²) in [5.41, 5.74) is 6.69. The summed E-state index contributed by atoms with van der Waals surface area (Å²) in [5, 5.41) is 16.1. The van der Waals surface area contributed by atoms with E-state index < -0.39 is 5.91 Å². The number of rotatable bonds is 4. The molecule has 4 rings (SSSR count). The zero-order valence-electron chi connectivity index (χ0n) is 16.6. The minimum Gasteiger partial charge on any atom is -0.507 e. The summed E-state index contributed by atoms with van der Waals surface area (Å²) in [4.78, 5) is 12.5. The molecule has 0 saturated heterocycles. The van der Waals surface area contributed by atoms with Crippen LogP contribution in [0.4, 0.5) is 0 Å². The van der Waals surface area contributed by atoms with Gasteiger partial charge in [0.1, 0.15) is 5.75 Å². The molecule has 0 saturated carbocycles. The molecule has 0 aliphatic heterocycles. The normalized spacial score (nSPS) is 11.3. The molecular weight excluding hydrogens is 442 g/mol. The molecule has 0 aliphatic rings. The molecular formula is C24H20BrN3O2. The Labute approximate surface area is 182 Å². The van der Waals surface area contributed by atoms with Gasteiger partial charge in [0.15, 0.2) is 0 Å². The summed E-state index contributed by atoms with van der Waals surface area (Å²) in [6, 6.07) is 20.8. The number of phenolic OH excluding ortho intramolecular Hbond substituents is 1. The number of hydrazone groups is 1. The molecule has 6 heteroatoms. The monoisotopic (exact) mass is 461 g/mol. The number of amides is 1. The molecule has 4 aromatic rings. The second kappa shape index (κ2) is 8.16. The standard InChI is InChI=1S/C24H20BrN3O2/c1-15-11-19(16(2)28(15)22-10-6-5-9-21(22)25)14-26-27-24(30)20-12-17-7-3-4-8-18(17)13-23(20)29/h3-14,29H,1-2H3,(H,27,30)/b26-14-. The lowest BCUT2D eigenvalue weighted by Gasteiger charge is -2.11. The van der Waals surface area contributed by atoms with Crippen LogP contribution < -0.4 is 5.43 Å². The van der Waals surface area contributed by atoms with E-state index in [1.807, 2.05) is 68.4 Å². The fourth-order valence-corrected chi connectivity index (χ4v) is 4.02. The minimum absolute atomic E-state index is 0.0755. The first kappa shape index (κ1) is 19.9. The number of carbonyl (C=O) groups is 1. The summed E-state index contributed by atoms with van der Waals surface area (Å²) in [5.74, 6) is -0.539. The number of para-hydroxylation sites is 1. The first-order valence-corrected chi connectivity index (χ1v) is 10.2. The van der Waals surface area contributed by atoms with Gasteiger partial charge in [-0.05, 0) is 70.9 Å². The van der Waals surface area contributed by atoms with Crippen molar-refractivity contribution < 1.29 is 9.90 Å². The molecule has 0 atom stereocenters. The summed E-state index contributed by atoms with van der Waals surface area (Å²) >= 11 is 3.60. The Balaban J connectivity index is 1.57. The fraction of sp³-hybridized carbons (Fsp3) is 0.0833. The Morgan fingerprint density at radius 1 is 1.03 bits per heavy atom. The summed E-state index contributed by atoms with van der Waals surface area (Å²) in [7, 11) is 0. The molecule has 0 bridgehead atoms. The first-order valence-electron chi connectivity index (χ1n) is 9.44. The molecule has 2 N–H and O–H groups in total. The Kier molecular flexibility index (Phi) is 5.42. The third-order valence-electron chi connectivity index (χ3n) is 5.04. The molecule has 150 valence electrons. The lowest BCUT2D eigenvalue weighted by Crippen LogP contribution is -2.17. The predicted molar refractivity (Wildman–Crippen MR) is 124 cm³/mol. The van der Waals surface area contributed by atoms with Gasteiger partial charge in [-0.15, -0.1) is 0 Å². The zero-order valence-corrected chi connectivity index (χ0v) is 18.1. The van der Waals surface area contributed by atoms with Crippen molar-refractivity contribution in [1.29, 1.82) is 0 Å². The van der Waals surface area contributed by atoms with Crippen LogP contribution >= 0.6 is 15.9 Å². The van der Waals surface area contributed by atoms with Gasteiger partial charge in [0.05, 0.1) is 17.5 Å². The number of nitrogens with zero attached hydrogens (tertiary/aromatic N) is 2. The van der Waals surface area contributed by atoms with Crippen molar-refractivity contribution in [2.45, 2.75) is 13.8 Å². The molecule has 0 fully saturated rings. The van der Waals surface area contributed by atoms with Crippen LogP contribution in [0.15, 0.2) is 76.3 Å². The van der Waals surface area contributed by atoms with Crippen LogP contribution in [0.25, 0.3) is 16.5 Å². The van der Waals surface area contributed by atoms with Gasteiger partial charge < -0.3 is 9.67 Å². The van der Waals surface area contributed by atoms with E-state index in [-0.39, 0.29) is 11.3 Å². The van der Waals surface area contributed by atoms with Crippen LogP contribution in [0.2, 0.25) is 0 Å². The Morgan fingerprint density at radius 3 is 2.43 bits per heavy atom. The molecule has 0 spiro atoms. The van der Waals surface area contributed by atoms with Crippen molar-refractivity contribution in [2.24, 2.45) is 5.10 Å². The van der Waals surface area contributed by atoms with Gasteiger partial charge in [0.25, 0.3) is 5.91 Å². The van der Waals surface area contributed by atoms with Gasteiger partial charge in [-0.25, -0.2) is 5.43 Å². The van der Waals surface area contributed by atoms with Gasteiger partial charge >= 0.3 is 0 Å². The van der Waals surface area contributed by atoms with Crippen molar-refractivity contribution >= 4 is 38.8 Å². The number of nitrogens with one attached hydrogen (secondary N) is 1. The first-order chi connectivity index (χ1) is 14.5. The van der Waals surface area contributed by atoms with E-state index in [0.717, 1.165) is 37.9 Å². The number of benzene rings is 3. The van der Waals surface area contributed by atoms with Crippen LogP contribution in [-0.4, -0.2) is 21.8 Å². The highest BCUT2D eigenvalue weighted by Gasteiger charge is 2.13. The minimum atomic E-state index is -0.464. The maximum Gasteiger partial charge on any atom is 0.275 e. The van der Waals surface area contributed by atoms with E-state index in [0.29, 0.717) is 0 Å². The number of phenols is 1. The molecule has 5 nitrogen and oxygen atoms in total. The van der Waals surface area contributed by atoms with E-state index in [9.17, 15) is 9.90 Å². The number of aromatic nitrogens is 1. The molecule has 1 amide bonds. The highest BCUT2D eigenvalue weighted by Crippen LogP contribution is 2.26. The van der Waals surface area contributed by atoms with Crippen LogP contribution in [0.5, 0.6) is 5.75 Å². The topological polar surface area (TPSA) is 66.6 Å². The summed E-state index contributed by atoms with van der Waals surface area (Å²) < 4.78 is 3.12. The van der Waals surface area contributed by atoms with Crippen molar-refractivity contribution in [3.8, 4) is 11.4 Å². The molecule has 0 aliphatic carbocycles. The van der Waals surface area contributed by atoms with E-state index in [4.69, 9.17) is 0 Å². The number of fused-ring (bicyclic) bond motifs is 1. The van der Waals surface area contributed by atoms with Crippen LogP contribution in [-0.2, 0) is 0 Å². The summed E-state index contributed by atoms with van der Waals surface area (Å²) in [6.45, 7) is 4.03. The Morgan fingerprint density at radius 2 is 1.70 bits per heavy atom. The van der Waals surface area contributed by atoms with Crippen molar-refractivity contribution in [2.75, 3.05) is 0 Å². The number of hydrogen-bond donors (Lipinski definition) is 2. The number of carbonyl (C=O) groups excluding carboxylic acids is 1. The van der Waals surface area contributed by atoms with Crippen molar-refractivity contribution in [3.05, 3.63) is 93.7 Å². The molecule has 1 aromatic heterocycles. The van der Waals surface area contributed by atoms with Crippen LogP contribution in [0.3, 0.4) is 0 Å². The SMILES string of the molecule is Cc1cc(/C=N\NC(=O)c2cc3ccccc3cc2O)c(C)n1-c1ccccc1Br. The van der Waals surface area contributed by atoms with Crippen LogP contribution in [0, 0.1) is 13.8 Å². The number of aryl methyl sites for hydroxylation is 1. The van der Waals surface area contributed by atoms with Gasteiger partial charge in [0.2, 0.25) is 0 Å². The van der Waals surface area contributed by atoms with E-state index in [1.54, 1.807) is 18.3 Å². The summed E-state index contributed by atoms with van der Waals surface area (Å²) in [6.07, 6.45) is 1.62. The highest BCUT2D eigenvalue weighted by atomic mass is 79.9. The largest absolute Gasteiger partial charge is 0.507 e. The van der Waals surface area contributed by atoms with Crippen molar-refractivity contribution in [3.63, 3.8) is 0 Å². The van der Waals surface area contributed by atoms with Gasteiger partial charge in [-0.1, -0.05) is 36.4 Å². The quantitative estimate of drug-likeness (QED) is 0.312. The Bertz CT molecular complexity index is 1290. The number of hydrogen-bond acceptors (Lipinski definition) is 3. The van der Waals surface area contributed by atoms with Gasteiger partial charge in [-0.2, -0.15) is 5.10 Å². The van der Waals surface area contributed by atoms with E-state index >= 15 is 0 Å². The lowest BCUT2D eigenvalue weighted by atomic mass is 10.1. The molecule has 3 aromatic carbocycles. The third-order valence-corrected chi connectivity index (χ3v) is 5.71. The zero-order chi connectivity index (χ0) is 21.3. The second-order valence-corrected chi connectivity index (χ2v) is 7.88. The van der Waals surface area contributed by atoms with Crippen LogP contribution in [0.1, 0.15) is 27.3 Å². The maximum absolute atomic E-state index is 12.5. The molecule has 1 heterocycles. The van der Waals surface area contributed by atoms with E-state index in [2.05, 4.69) is 31.0 Å². The molecule has 30 heavy (non-hydrogen) atoms. The predicted octanol–water partition coefficient (Wildman–Crippen LogP) is 5.48. The number of halogens is 1. The highest BCUT2D eigenvalue weighted by molar-refractivity contribution is 9.10. The molecule has 0 radical (unpaired) electrons. The van der Waals surface area contributed by atoms with Gasteiger partial charge in [0, 0.05) is 21.4 Å². The number of aromatic hydroxyl groups is 1. The van der Waals surface area contributed by atoms with Gasteiger partial charge in [-0.3, -0.25) is 4.79 Å². The van der Waals surface area contributed by atoms with E-state index in [1.165, 1.54) is 0 Å². The van der Waals surface area contributed by atoms with Crippen molar-refractivity contribution in [1.82, 2.24) is 9.99 Å². The lowest BCUT2D eigenvalue weighted by molar-refractivity contribution is 0.0952. The third kappa shape index (κ3) is 3.74. The second-order valence-electron chi connectivity index (χ2n) is 7.03. The maximum atomic E-state index is 12.5. The smallest absolute Gasteiger partial charge is 0.275 e. The average molecular weight is 462 g/mol. The average Bonchev–Trinajstić information content (AvgIpc) is 3.01. The Hall–Kier alpha value is -3.38. The molecule has 0 unspecified atom stereocenters.